The number of benzene rings is 2. The molecule has 0 aliphatic carbocycles. The maximum Gasteiger partial charge on any atom is 0.251 e. The molecule has 1 saturated heterocycles. The first-order chi connectivity index (χ1) is 14.1. The van der Waals surface area contributed by atoms with Gasteiger partial charge >= 0.3 is 0 Å². The lowest BCUT2D eigenvalue weighted by atomic mass is 10.1. The lowest BCUT2D eigenvalue weighted by Gasteiger charge is -2.32. The van der Waals surface area contributed by atoms with Gasteiger partial charge in [0, 0.05) is 63.6 Å². The smallest absolute Gasteiger partial charge is 0.251 e. The summed E-state index contributed by atoms with van der Waals surface area (Å²) in [4.78, 5) is 19.7. The van der Waals surface area contributed by atoms with Crippen LogP contribution in [0.3, 0.4) is 0 Å². The first kappa shape index (κ1) is 21.3. The van der Waals surface area contributed by atoms with Crippen molar-refractivity contribution in [2.45, 2.75) is 26.9 Å². The van der Waals surface area contributed by atoms with E-state index < -0.39 is 0 Å². The molecule has 0 bridgehead atoms. The fourth-order valence-corrected chi connectivity index (χ4v) is 3.80. The summed E-state index contributed by atoms with van der Waals surface area (Å²) in [6, 6.07) is 16.4. The highest BCUT2D eigenvalue weighted by atomic mass is 16.1. The molecule has 2 aromatic rings. The van der Waals surface area contributed by atoms with Crippen LogP contribution in [0.1, 0.15) is 35.3 Å². The van der Waals surface area contributed by atoms with Crippen molar-refractivity contribution in [3.63, 3.8) is 0 Å². The third-order valence-corrected chi connectivity index (χ3v) is 5.70. The third-order valence-electron chi connectivity index (χ3n) is 5.70. The zero-order valence-corrected chi connectivity index (χ0v) is 18.0. The number of amides is 1. The van der Waals surface area contributed by atoms with Gasteiger partial charge in [0.05, 0.1) is 0 Å². The average Bonchev–Trinajstić information content (AvgIpc) is 2.75. The van der Waals surface area contributed by atoms with E-state index in [2.05, 4.69) is 65.2 Å². The van der Waals surface area contributed by atoms with Crippen molar-refractivity contribution in [1.29, 1.82) is 0 Å². The van der Waals surface area contributed by atoms with Crippen LogP contribution in [0, 0.1) is 0 Å². The molecule has 156 valence electrons. The number of carbonyl (C=O) groups excluding carboxylic acids is 1. The molecule has 1 aliphatic heterocycles. The highest BCUT2D eigenvalue weighted by Gasteiger charge is 2.14. The Kier molecular flexibility index (Phi) is 7.67. The van der Waals surface area contributed by atoms with Crippen molar-refractivity contribution in [3.05, 3.63) is 65.2 Å². The van der Waals surface area contributed by atoms with Gasteiger partial charge in [-0.05, 0) is 56.3 Å². The van der Waals surface area contributed by atoms with Gasteiger partial charge in [-0.2, -0.15) is 0 Å². The van der Waals surface area contributed by atoms with E-state index in [-0.39, 0.29) is 5.91 Å². The second-order valence-electron chi connectivity index (χ2n) is 7.80. The molecule has 0 spiro atoms. The van der Waals surface area contributed by atoms with Gasteiger partial charge in [-0.25, -0.2) is 0 Å². The number of nitrogens with zero attached hydrogens (tertiary/aromatic N) is 3. The van der Waals surface area contributed by atoms with Crippen LogP contribution in [0.2, 0.25) is 0 Å². The van der Waals surface area contributed by atoms with E-state index in [1.54, 1.807) is 0 Å². The van der Waals surface area contributed by atoms with E-state index in [0.29, 0.717) is 12.1 Å². The second-order valence-corrected chi connectivity index (χ2v) is 7.80. The zero-order chi connectivity index (χ0) is 20.6. The lowest BCUT2D eigenvalue weighted by Crippen LogP contribution is -2.43. The molecule has 1 heterocycles. The van der Waals surface area contributed by atoms with Gasteiger partial charge in [0.2, 0.25) is 0 Å². The summed E-state index contributed by atoms with van der Waals surface area (Å²) < 4.78 is 0. The van der Waals surface area contributed by atoms with Crippen LogP contribution >= 0.6 is 0 Å². The number of hydrogen-bond acceptors (Lipinski definition) is 4. The minimum Gasteiger partial charge on any atom is -0.372 e. The molecule has 2 aromatic carbocycles. The molecular formula is C24H34N4O. The first-order valence-electron chi connectivity index (χ1n) is 10.7. The van der Waals surface area contributed by atoms with Crippen LogP contribution in [-0.2, 0) is 13.1 Å². The standard InChI is InChI=1S/C24H34N4O/c1-4-28(5-2)23-11-9-22(10-12-23)24(29)25-18-20-7-6-8-21(17-20)19-27-15-13-26(3)14-16-27/h6-12,17H,4-5,13-16,18-19H2,1-3H3,(H,25,29). The van der Waals surface area contributed by atoms with Gasteiger partial charge in [0.1, 0.15) is 0 Å². The number of anilines is 1. The van der Waals surface area contributed by atoms with E-state index in [0.717, 1.165) is 57.1 Å². The molecule has 5 heteroatoms. The van der Waals surface area contributed by atoms with Crippen LogP contribution in [0.4, 0.5) is 5.69 Å². The fourth-order valence-electron chi connectivity index (χ4n) is 3.80. The molecule has 29 heavy (non-hydrogen) atoms. The summed E-state index contributed by atoms with van der Waals surface area (Å²) in [6.45, 7) is 12.2. The van der Waals surface area contributed by atoms with Gasteiger partial charge in [-0.3, -0.25) is 9.69 Å². The number of carbonyl (C=O) groups is 1. The van der Waals surface area contributed by atoms with Crippen LogP contribution < -0.4 is 10.2 Å². The van der Waals surface area contributed by atoms with Crippen molar-refractivity contribution < 1.29 is 4.79 Å². The van der Waals surface area contributed by atoms with E-state index in [4.69, 9.17) is 0 Å². The van der Waals surface area contributed by atoms with Crippen LogP contribution in [0.15, 0.2) is 48.5 Å². The van der Waals surface area contributed by atoms with Crippen LogP contribution in [0.25, 0.3) is 0 Å². The van der Waals surface area contributed by atoms with Gasteiger partial charge in [-0.1, -0.05) is 24.3 Å². The number of nitrogens with one attached hydrogen (secondary N) is 1. The topological polar surface area (TPSA) is 38.8 Å². The Morgan fingerprint density at radius 2 is 1.62 bits per heavy atom. The molecule has 5 nitrogen and oxygen atoms in total. The summed E-state index contributed by atoms with van der Waals surface area (Å²) >= 11 is 0. The Labute approximate surface area is 175 Å². The van der Waals surface area contributed by atoms with Gasteiger partial charge in [0.25, 0.3) is 5.91 Å². The summed E-state index contributed by atoms with van der Waals surface area (Å²) in [5.74, 6) is -0.0273. The number of likely N-dealkylation sites (N-methyl/N-ethyl adjacent to an activating group) is 1. The molecule has 0 atom stereocenters. The summed E-state index contributed by atoms with van der Waals surface area (Å²) in [6.07, 6.45) is 0. The highest BCUT2D eigenvalue weighted by molar-refractivity contribution is 5.94. The molecule has 0 saturated carbocycles. The highest BCUT2D eigenvalue weighted by Crippen LogP contribution is 2.15. The second kappa shape index (κ2) is 10.4. The van der Waals surface area contributed by atoms with Gasteiger partial charge in [0.15, 0.2) is 0 Å². The Hall–Kier alpha value is -2.37. The number of piperazine rings is 1. The predicted molar refractivity (Wildman–Crippen MR) is 120 cm³/mol. The largest absolute Gasteiger partial charge is 0.372 e. The van der Waals surface area contributed by atoms with Crippen LogP contribution in [-0.4, -0.2) is 62.0 Å². The van der Waals surface area contributed by atoms with E-state index >= 15 is 0 Å². The molecule has 1 aliphatic rings. The Morgan fingerprint density at radius 3 is 2.28 bits per heavy atom. The predicted octanol–water partition coefficient (Wildman–Crippen LogP) is 3.21. The quantitative estimate of drug-likeness (QED) is 0.746. The van der Waals surface area contributed by atoms with E-state index in [9.17, 15) is 4.79 Å². The van der Waals surface area contributed by atoms with Crippen molar-refractivity contribution in [2.24, 2.45) is 0 Å². The molecule has 3 rings (SSSR count). The third kappa shape index (κ3) is 6.05. The Balaban J connectivity index is 1.53. The average molecular weight is 395 g/mol. The van der Waals surface area contributed by atoms with E-state index in [1.807, 2.05) is 24.3 Å². The van der Waals surface area contributed by atoms with Crippen molar-refractivity contribution >= 4 is 11.6 Å². The van der Waals surface area contributed by atoms with E-state index in [1.165, 1.54) is 5.56 Å². The van der Waals surface area contributed by atoms with Crippen molar-refractivity contribution in [2.75, 3.05) is 51.2 Å². The lowest BCUT2D eigenvalue weighted by molar-refractivity contribution is 0.0951. The number of rotatable bonds is 8. The number of hydrogen-bond donors (Lipinski definition) is 1. The first-order valence-corrected chi connectivity index (χ1v) is 10.7. The van der Waals surface area contributed by atoms with Crippen LogP contribution in [0.5, 0.6) is 0 Å². The van der Waals surface area contributed by atoms with Gasteiger partial charge < -0.3 is 15.1 Å². The SMILES string of the molecule is CCN(CC)c1ccc(C(=O)NCc2cccc(CN3CCN(C)CC3)c2)cc1. The Morgan fingerprint density at radius 1 is 0.966 bits per heavy atom. The zero-order valence-electron chi connectivity index (χ0n) is 18.0. The molecule has 1 fully saturated rings. The monoisotopic (exact) mass is 394 g/mol. The summed E-state index contributed by atoms with van der Waals surface area (Å²) in [5, 5.41) is 3.06. The fraction of sp³-hybridized carbons (Fsp3) is 0.458. The molecule has 0 unspecified atom stereocenters. The van der Waals surface area contributed by atoms with Crippen molar-refractivity contribution in [1.82, 2.24) is 15.1 Å². The summed E-state index contributed by atoms with van der Waals surface area (Å²) in [7, 11) is 2.18. The Bertz CT molecular complexity index is 778. The van der Waals surface area contributed by atoms with Crippen molar-refractivity contribution in [3.8, 4) is 0 Å². The minimum atomic E-state index is -0.0273. The maximum absolute atomic E-state index is 12.5. The molecule has 0 radical (unpaired) electrons. The molecular weight excluding hydrogens is 360 g/mol. The summed E-state index contributed by atoms with van der Waals surface area (Å²) in [5.41, 5.74) is 4.31. The maximum atomic E-state index is 12.5. The minimum absolute atomic E-state index is 0.0273. The molecule has 1 N–H and O–H groups in total. The van der Waals surface area contributed by atoms with Gasteiger partial charge in [-0.15, -0.1) is 0 Å². The molecule has 1 amide bonds. The molecule has 0 aromatic heterocycles. The normalized spacial score (nSPS) is 15.3.